The summed E-state index contributed by atoms with van der Waals surface area (Å²) in [6.45, 7) is 1.87. The third-order valence-electron chi connectivity index (χ3n) is 9.06. The number of aromatic amines is 1. The molecule has 0 unspecified atom stereocenters. The van der Waals surface area contributed by atoms with Crippen LogP contribution >= 0.6 is 0 Å². The Balaban J connectivity index is 1.28. The minimum Gasteiger partial charge on any atom is -0.494 e. The highest BCUT2D eigenvalue weighted by molar-refractivity contribution is 6.31. The van der Waals surface area contributed by atoms with Crippen LogP contribution in [0.2, 0.25) is 0 Å². The second-order valence-corrected chi connectivity index (χ2v) is 11.3. The van der Waals surface area contributed by atoms with Gasteiger partial charge in [0.05, 0.1) is 11.4 Å². The van der Waals surface area contributed by atoms with Gasteiger partial charge >= 0.3 is 5.69 Å². The lowest BCUT2D eigenvalue weighted by atomic mass is 9.48. The van der Waals surface area contributed by atoms with Crippen LogP contribution in [-0.4, -0.2) is 20.4 Å². The second kappa shape index (κ2) is 7.66. The molecule has 0 amide bonds. The summed E-state index contributed by atoms with van der Waals surface area (Å²) in [7, 11) is 0. The predicted octanol–water partition coefficient (Wildman–Crippen LogP) is 5.35. The van der Waals surface area contributed by atoms with Gasteiger partial charge in [0.2, 0.25) is 5.88 Å². The monoisotopic (exact) mass is 479 g/mol. The Bertz CT molecular complexity index is 1540. The number of H-pyrrole nitrogens is 1. The molecule has 4 saturated carbocycles. The van der Waals surface area contributed by atoms with Gasteiger partial charge in [0.15, 0.2) is 0 Å². The van der Waals surface area contributed by atoms with E-state index in [0.29, 0.717) is 5.69 Å². The molecule has 6 nitrogen and oxygen atoms in total. The van der Waals surface area contributed by atoms with Gasteiger partial charge in [-0.25, -0.2) is 9.36 Å². The van der Waals surface area contributed by atoms with Crippen LogP contribution in [-0.2, 0) is 5.41 Å². The molecule has 4 fully saturated rings. The van der Waals surface area contributed by atoms with Crippen molar-refractivity contribution >= 4 is 23.0 Å². The third kappa shape index (κ3) is 3.20. The molecular weight excluding hydrogens is 450 g/mol. The number of hydrogen-bond acceptors (Lipinski definition) is 4. The average molecular weight is 480 g/mol. The molecule has 0 spiro atoms. The zero-order chi connectivity index (χ0) is 24.6. The van der Waals surface area contributed by atoms with Crippen LogP contribution in [0, 0.1) is 17.8 Å². The Kier molecular flexibility index (Phi) is 4.60. The zero-order valence-electron chi connectivity index (χ0n) is 20.3. The summed E-state index contributed by atoms with van der Waals surface area (Å²) in [4.78, 5) is 32.5. The van der Waals surface area contributed by atoms with Crippen LogP contribution in [0.4, 0.5) is 5.69 Å². The van der Waals surface area contributed by atoms with E-state index in [1.807, 2.05) is 43.3 Å². The summed E-state index contributed by atoms with van der Waals surface area (Å²) in [6, 6.07) is 15.7. The summed E-state index contributed by atoms with van der Waals surface area (Å²) in [6.07, 6.45) is 9.60. The molecule has 8 rings (SSSR count). The summed E-state index contributed by atoms with van der Waals surface area (Å²) in [5.74, 6) is 2.19. The Hall–Kier alpha value is -3.67. The van der Waals surface area contributed by atoms with Gasteiger partial charge in [-0.15, -0.1) is 0 Å². The van der Waals surface area contributed by atoms with Crippen LogP contribution in [0.25, 0.3) is 17.3 Å². The molecule has 0 saturated heterocycles. The van der Waals surface area contributed by atoms with E-state index in [2.05, 4.69) is 22.1 Å². The van der Waals surface area contributed by atoms with Crippen molar-refractivity contribution in [2.45, 2.75) is 50.9 Å². The minimum absolute atomic E-state index is 0.0426. The standard InChI is InChI=1S/C30H29N3O3/c1-17-24(23-4-2-3-5-26(23)31-17)13-25-27(34)32-29(36)33(28(25)35)22-8-6-21(7-9-22)30-14-18-10-19(15-30)12-20(11-18)16-30/h2-9,13,18-20,35H,10-12,14-16H2,1H3,(H,32,34,36). The smallest absolute Gasteiger partial charge is 0.335 e. The molecule has 3 aromatic rings. The number of benzene rings is 2. The van der Waals surface area contributed by atoms with Gasteiger partial charge in [0, 0.05) is 16.8 Å². The number of aromatic hydroxyl groups is 1. The number of para-hydroxylation sites is 1. The van der Waals surface area contributed by atoms with Gasteiger partial charge in [0.25, 0.3) is 5.56 Å². The van der Waals surface area contributed by atoms with Crippen LogP contribution in [0.1, 0.15) is 62.1 Å². The quantitative estimate of drug-likeness (QED) is 0.531. The largest absolute Gasteiger partial charge is 0.494 e. The first-order chi connectivity index (χ1) is 17.4. The van der Waals surface area contributed by atoms with Gasteiger partial charge in [-0.05, 0) is 98.5 Å². The molecular formula is C30H29N3O3. The summed E-state index contributed by atoms with van der Waals surface area (Å²) in [5.41, 5.74) is 4.15. The predicted molar refractivity (Wildman–Crippen MR) is 141 cm³/mol. The summed E-state index contributed by atoms with van der Waals surface area (Å²) >= 11 is 0. The number of aromatic nitrogens is 2. The Morgan fingerprint density at radius 3 is 2.28 bits per heavy atom. The van der Waals surface area contributed by atoms with Crippen molar-refractivity contribution in [3.63, 3.8) is 0 Å². The van der Waals surface area contributed by atoms with Crippen molar-refractivity contribution in [2.75, 3.05) is 0 Å². The van der Waals surface area contributed by atoms with E-state index in [4.69, 9.17) is 0 Å². The number of aliphatic imine (C=N–C) groups is 1. The third-order valence-corrected chi connectivity index (χ3v) is 9.06. The first-order valence-electron chi connectivity index (χ1n) is 13.0. The maximum absolute atomic E-state index is 12.8. The van der Waals surface area contributed by atoms with Crippen molar-refractivity contribution in [3.8, 4) is 11.6 Å². The maximum Gasteiger partial charge on any atom is 0.335 e. The normalized spacial score (nSPS) is 29.0. The fraction of sp³-hybridized carbons (Fsp3) is 0.367. The van der Waals surface area contributed by atoms with E-state index in [1.54, 1.807) is 6.08 Å². The van der Waals surface area contributed by atoms with Crippen LogP contribution in [0.5, 0.6) is 5.88 Å². The molecule has 6 heteroatoms. The molecule has 0 radical (unpaired) electrons. The lowest BCUT2D eigenvalue weighted by Crippen LogP contribution is -2.48. The highest BCUT2D eigenvalue weighted by Gasteiger charge is 2.51. The number of nitrogens with zero attached hydrogens (tertiary/aromatic N) is 2. The molecule has 5 aliphatic rings. The SMILES string of the molecule is CC1=Nc2ccccc2C1=Cc1c(O)n(-c2ccc(C34CC5CC(CC(C5)C3)C4)cc2)c(=O)[nH]c1=O. The van der Waals surface area contributed by atoms with Crippen molar-refractivity contribution in [2.24, 2.45) is 22.7 Å². The fourth-order valence-electron chi connectivity index (χ4n) is 7.90. The van der Waals surface area contributed by atoms with E-state index in [9.17, 15) is 14.7 Å². The average Bonchev–Trinajstić information content (AvgIpc) is 3.16. The van der Waals surface area contributed by atoms with E-state index >= 15 is 0 Å². The zero-order valence-corrected chi connectivity index (χ0v) is 20.3. The summed E-state index contributed by atoms with van der Waals surface area (Å²) in [5, 5.41) is 11.2. The molecule has 36 heavy (non-hydrogen) atoms. The van der Waals surface area contributed by atoms with Gasteiger partial charge in [0.1, 0.15) is 5.56 Å². The molecule has 182 valence electrons. The minimum atomic E-state index is -0.653. The van der Waals surface area contributed by atoms with E-state index in [0.717, 1.165) is 40.3 Å². The molecule has 2 N–H and O–H groups in total. The van der Waals surface area contributed by atoms with Crippen LogP contribution in [0.15, 0.2) is 63.1 Å². The Morgan fingerprint density at radius 2 is 1.61 bits per heavy atom. The lowest BCUT2D eigenvalue weighted by molar-refractivity contribution is -0.00518. The molecule has 2 heterocycles. The van der Waals surface area contributed by atoms with Gasteiger partial charge in [-0.2, -0.15) is 0 Å². The summed E-state index contributed by atoms with van der Waals surface area (Å²) < 4.78 is 1.19. The van der Waals surface area contributed by atoms with Gasteiger partial charge in [-0.1, -0.05) is 30.3 Å². The molecule has 2 aromatic carbocycles. The molecule has 1 aliphatic heterocycles. The van der Waals surface area contributed by atoms with Crippen LogP contribution in [0.3, 0.4) is 0 Å². The Labute approximate surface area is 209 Å². The first-order valence-corrected chi connectivity index (χ1v) is 13.0. The number of rotatable bonds is 3. The molecule has 0 atom stereocenters. The van der Waals surface area contributed by atoms with Crippen LogP contribution < -0.4 is 11.2 Å². The number of allylic oxidation sites excluding steroid dienone is 1. The van der Waals surface area contributed by atoms with E-state index in [-0.39, 0.29) is 16.9 Å². The Morgan fingerprint density at radius 1 is 0.972 bits per heavy atom. The van der Waals surface area contributed by atoms with Gasteiger partial charge in [-0.3, -0.25) is 14.8 Å². The van der Waals surface area contributed by atoms with Gasteiger partial charge < -0.3 is 5.11 Å². The van der Waals surface area contributed by atoms with Crippen molar-refractivity contribution in [3.05, 3.63) is 86.1 Å². The van der Waals surface area contributed by atoms with Crippen molar-refractivity contribution in [1.82, 2.24) is 9.55 Å². The van der Waals surface area contributed by atoms with E-state index in [1.165, 1.54) is 48.7 Å². The number of hydrogen-bond donors (Lipinski definition) is 2. The maximum atomic E-state index is 12.8. The fourth-order valence-corrected chi connectivity index (χ4v) is 7.90. The molecule has 4 aliphatic carbocycles. The molecule has 4 bridgehead atoms. The molecule has 1 aromatic heterocycles. The van der Waals surface area contributed by atoms with Crippen molar-refractivity contribution < 1.29 is 5.11 Å². The topological polar surface area (TPSA) is 87.4 Å². The highest BCUT2D eigenvalue weighted by atomic mass is 16.3. The second-order valence-electron chi connectivity index (χ2n) is 11.3. The highest BCUT2D eigenvalue weighted by Crippen LogP contribution is 2.60. The van der Waals surface area contributed by atoms with E-state index < -0.39 is 11.2 Å². The number of fused-ring (bicyclic) bond motifs is 1. The lowest BCUT2D eigenvalue weighted by Gasteiger charge is -2.57. The first kappa shape index (κ1) is 21.6. The van der Waals surface area contributed by atoms with Crippen molar-refractivity contribution in [1.29, 1.82) is 0 Å². The number of nitrogens with one attached hydrogen (secondary N) is 1.